The number of terminal acetylenes is 1. The average molecular weight is 276 g/mol. The fraction of sp³-hybridized carbons (Fsp3) is 0.357. The van der Waals surface area contributed by atoms with E-state index in [2.05, 4.69) is 10.6 Å². The van der Waals surface area contributed by atoms with Crippen LogP contribution >= 0.6 is 0 Å². The Morgan fingerprint density at radius 3 is 2.47 bits per heavy atom. The number of nitrogens with zero attached hydrogens (tertiary/aromatic N) is 1. The first-order valence-electron chi connectivity index (χ1n) is 5.93. The Kier molecular flexibility index (Phi) is 5.57. The molecule has 1 aromatic carbocycles. The Morgan fingerprint density at radius 2 is 2.00 bits per heavy atom. The fourth-order valence-corrected chi connectivity index (χ4v) is 3.07. The van der Waals surface area contributed by atoms with Crippen molar-refractivity contribution in [3.8, 4) is 18.4 Å². The van der Waals surface area contributed by atoms with Crippen molar-refractivity contribution in [3.05, 3.63) is 35.4 Å². The molecule has 0 saturated heterocycles. The zero-order valence-corrected chi connectivity index (χ0v) is 11.6. The van der Waals surface area contributed by atoms with Crippen LogP contribution in [0.4, 0.5) is 0 Å². The van der Waals surface area contributed by atoms with Crippen LogP contribution in [0.2, 0.25) is 0 Å². The zero-order valence-electron chi connectivity index (χ0n) is 10.8. The maximum absolute atomic E-state index is 12.0. The second-order valence-electron chi connectivity index (χ2n) is 4.20. The lowest BCUT2D eigenvalue weighted by Gasteiger charge is -2.14. The van der Waals surface area contributed by atoms with Gasteiger partial charge in [0.1, 0.15) is 0 Å². The summed E-state index contributed by atoms with van der Waals surface area (Å²) in [5, 5.41) is 8.67. The molecule has 1 aromatic rings. The number of hydrogen-bond donors (Lipinski definition) is 1. The van der Waals surface area contributed by atoms with Gasteiger partial charge < -0.3 is 0 Å². The molecular formula is C14H16N2O2S. The van der Waals surface area contributed by atoms with Crippen molar-refractivity contribution < 1.29 is 8.42 Å². The molecule has 0 aliphatic rings. The second-order valence-corrected chi connectivity index (χ2v) is 5.95. The molecule has 19 heavy (non-hydrogen) atoms. The quantitative estimate of drug-likeness (QED) is 0.805. The molecule has 0 aliphatic carbocycles. The van der Waals surface area contributed by atoms with Gasteiger partial charge in [0.25, 0.3) is 0 Å². The average Bonchev–Trinajstić information content (AvgIpc) is 2.38. The fourth-order valence-electron chi connectivity index (χ4n) is 1.60. The van der Waals surface area contributed by atoms with Gasteiger partial charge in [0.2, 0.25) is 10.0 Å². The van der Waals surface area contributed by atoms with Crippen molar-refractivity contribution >= 4 is 10.0 Å². The van der Waals surface area contributed by atoms with Gasteiger partial charge in [-0.15, -0.1) is 12.3 Å². The van der Waals surface area contributed by atoms with E-state index in [1.807, 2.05) is 13.0 Å². The van der Waals surface area contributed by atoms with Gasteiger partial charge >= 0.3 is 0 Å². The van der Waals surface area contributed by atoms with E-state index in [9.17, 15) is 8.42 Å². The summed E-state index contributed by atoms with van der Waals surface area (Å²) >= 11 is 0. The van der Waals surface area contributed by atoms with E-state index in [0.717, 1.165) is 0 Å². The molecule has 0 heterocycles. The Morgan fingerprint density at radius 1 is 1.37 bits per heavy atom. The number of sulfonamides is 1. The molecule has 5 heteroatoms. The van der Waals surface area contributed by atoms with Gasteiger partial charge in [0, 0.05) is 12.5 Å². The predicted molar refractivity (Wildman–Crippen MR) is 74.4 cm³/mol. The van der Waals surface area contributed by atoms with E-state index < -0.39 is 10.0 Å². The molecule has 1 rings (SSSR count). The van der Waals surface area contributed by atoms with Crippen molar-refractivity contribution in [3.63, 3.8) is 0 Å². The molecule has 0 aliphatic heterocycles. The summed E-state index contributed by atoms with van der Waals surface area (Å²) in [6.07, 6.45) is 6.22. The maximum Gasteiger partial charge on any atom is 0.216 e. The molecule has 0 fully saturated rings. The third kappa shape index (κ3) is 5.13. The first-order chi connectivity index (χ1) is 9.00. The summed E-state index contributed by atoms with van der Waals surface area (Å²) in [6, 6.07) is 8.24. The molecule has 0 aromatic heterocycles. The highest BCUT2D eigenvalue weighted by atomic mass is 32.2. The lowest BCUT2D eigenvalue weighted by Crippen LogP contribution is -2.34. The van der Waals surface area contributed by atoms with Crippen molar-refractivity contribution in [2.45, 2.75) is 31.6 Å². The van der Waals surface area contributed by atoms with Crippen LogP contribution in [0.25, 0.3) is 0 Å². The van der Waals surface area contributed by atoms with E-state index in [4.69, 9.17) is 11.7 Å². The minimum atomic E-state index is -3.42. The lowest BCUT2D eigenvalue weighted by atomic mass is 10.2. The van der Waals surface area contributed by atoms with Crippen LogP contribution in [0.15, 0.2) is 24.3 Å². The first-order valence-corrected chi connectivity index (χ1v) is 7.58. The molecule has 100 valence electrons. The molecule has 0 amide bonds. The molecule has 1 unspecified atom stereocenters. The second kappa shape index (κ2) is 6.94. The van der Waals surface area contributed by atoms with Crippen LogP contribution in [0.5, 0.6) is 0 Å². The van der Waals surface area contributed by atoms with E-state index in [1.54, 1.807) is 24.3 Å². The summed E-state index contributed by atoms with van der Waals surface area (Å²) in [7, 11) is -3.42. The summed E-state index contributed by atoms with van der Waals surface area (Å²) in [5.41, 5.74) is 1.15. The highest BCUT2D eigenvalue weighted by Gasteiger charge is 2.16. The first kappa shape index (κ1) is 15.2. The SMILES string of the molecule is C#CCC(CC)NS(=O)(=O)Cc1ccc(C#N)cc1. The Balaban J connectivity index is 2.73. The third-order valence-corrected chi connectivity index (χ3v) is 4.05. The monoisotopic (exact) mass is 276 g/mol. The Hall–Kier alpha value is -1.82. The number of rotatable bonds is 6. The van der Waals surface area contributed by atoms with E-state index in [-0.39, 0.29) is 11.8 Å². The highest BCUT2D eigenvalue weighted by Crippen LogP contribution is 2.09. The number of nitrogens with one attached hydrogen (secondary N) is 1. The summed E-state index contributed by atoms with van der Waals surface area (Å²) in [4.78, 5) is 0. The zero-order chi connectivity index (χ0) is 14.3. The molecule has 1 N–H and O–H groups in total. The number of benzene rings is 1. The van der Waals surface area contributed by atoms with E-state index >= 15 is 0 Å². The van der Waals surface area contributed by atoms with Gasteiger partial charge in [-0.2, -0.15) is 5.26 Å². The Bertz CT molecular complexity index is 592. The summed E-state index contributed by atoms with van der Waals surface area (Å²) in [6.45, 7) is 1.88. The van der Waals surface area contributed by atoms with Crippen molar-refractivity contribution in [1.29, 1.82) is 5.26 Å². The van der Waals surface area contributed by atoms with Crippen LogP contribution in [0.3, 0.4) is 0 Å². The van der Waals surface area contributed by atoms with Gasteiger partial charge in [0.15, 0.2) is 0 Å². The van der Waals surface area contributed by atoms with Gasteiger partial charge in [-0.3, -0.25) is 0 Å². The molecule has 0 radical (unpaired) electrons. The van der Waals surface area contributed by atoms with Crippen LogP contribution in [0, 0.1) is 23.7 Å². The maximum atomic E-state index is 12.0. The van der Waals surface area contributed by atoms with Gasteiger partial charge in [-0.25, -0.2) is 13.1 Å². The third-order valence-electron chi connectivity index (χ3n) is 2.64. The highest BCUT2D eigenvalue weighted by molar-refractivity contribution is 7.88. The van der Waals surface area contributed by atoms with Crippen LogP contribution in [-0.4, -0.2) is 14.5 Å². The van der Waals surface area contributed by atoms with Crippen molar-refractivity contribution in [1.82, 2.24) is 4.72 Å². The van der Waals surface area contributed by atoms with Crippen LogP contribution in [-0.2, 0) is 15.8 Å². The molecule has 0 spiro atoms. The molecule has 0 saturated carbocycles. The van der Waals surface area contributed by atoms with Crippen LogP contribution in [0.1, 0.15) is 30.9 Å². The largest absolute Gasteiger partial charge is 0.216 e. The number of hydrogen-bond acceptors (Lipinski definition) is 3. The molecular weight excluding hydrogens is 260 g/mol. The van der Waals surface area contributed by atoms with E-state index in [0.29, 0.717) is 24.0 Å². The molecule has 0 bridgehead atoms. The topological polar surface area (TPSA) is 70.0 Å². The molecule has 1 atom stereocenters. The molecule has 4 nitrogen and oxygen atoms in total. The lowest BCUT2D eigenvalue weighted by molar-refractivity contribution is 0.543. The van der Waals surface area contributed by atoms with E-state index in [1.165, 1.54) is 0 Å². The summed E-state index contributed by atoms with van der Waals surface area (Å²) in [5.74, 6) is 2.35. The normalized spacial score (nSPS) is 12.4. The van der Waals surface area contributed by atoms with Crippen molar-refractivity contribution in [2.24, 2.45) is 0 Å². The minimum absolute atomic E-state index is 0.111. The van der Waals surface area contributed by atoms with Gasteiger partial charge in [0.05, 0.1) is 17.4 Å². The Labute approximate surface area is 114 Å². The predicted octanol–water partition coefficient (Wildman–Crippen LogP) is 1.78. The standard InChI is InChI=1S/C14H16N2O2S/c1-3-5-14(4-2)16-19(17,18)11-13-8-6-12(10-15)7-9-13/h1,6-9,14,16H,4-5,11H2,2H3. The summed E-state index contributed by atoms with van der Waals surface area (Å²) < 4.78 is 26.5. The smallest absolute Gasteiger partial charge is 0.212 e. The van der Waals surface area contributed by atoms with Gasteiger partial charge in [-0.05, 0) is 24.1 Å². The minimum Gasteiger partial charge on any atom is -0.212 e. The van der Waals surface area contributed by atoms with Gasteiger partial charge in [-0.1, -0.05) is 19.1 Å². The van der Waals surface area contributed by atoms with Crippen LogP contribution < -0.4 is 4.72 Å². The van der Waals surface area contributed by atoms with Crippen molar-refractivity contribution in [2.75, 3.05) is 0 Å². The number of nitriles is 1.